The Hall–Kier alpha value is -0.900. The van der Waals surface area contributed by atoms with Crippen molar-refractivity contribution < 1.29 is 9.90 Å². The first-order valence-corrected chi connectivity index (χ1v) is 7.43. The van der Waals surface area contributed by atoms with Gasteiger partial charge in [-0.05, 0) is 37.0 Å². The minimum absolute atomic E-state index is 0.335. The number of aromatic nitrogens is 1. The van der Waals surface area contributed by atoms with E-state index in [4.69, 9.17) is 34.8 Å². The summed E-state index contributed by atoms with van der Waals surface area (Å²) in [7, 11) is 0. The number of H-pyrrole nitrogens is 1. The molecule has 0 bridgehead atoms. The quantitative estimate of drug-likeness (QED) is 0.770. The van der Waals surface area contributed by atoms with Crippen LogP contribution >= 0.6 is 34.8 Å². The number of aliphatic carboxylic acids is 1. The largest absolute Gasteiger partial charge is 0.481 e. The second-order valence-electron chi connectivity index (χ2n) is 5.12. The molecule has 1 unspecified atom stereocenters. The summed E-state index contributed by atoms with van der Waals surface area (Å²) in [6.45, 7) is 0. The minimum Gasteiger partial charge on any atom is -0.481 e. The first-order valence-electron chi connectivity index (χ1n) is 6.29. The number of carboxylic acids is 1. The summed E-state index contributed by atoms with van der Waals surface area (Å²) < 4.78 is -1.47. The van der Waals surface area contributed by atoms with Crippen molar-refractivity contribution in [2.24, 2.45) is 5.92 Å². The summed E-state index contributed by atoms with van der Waals surface area (Å²) in [5.74, 6) is -1.08. The number of rotatable bonds is 1. The fourth-order valence-corrected chi connectivity index (χ4v) is 3.16. The van der Waals surface area contributed by atoms with E-state index in [0.29, 0.717) is 18.4 Å². The number of aryl methyl sites for hydroxylation is 1. The Kier molecular flexibility index (Phi) is 3.39. The molecule has 0 amide bonds. The van der Waals surface area contributed by atoms with Gasteiger partial charge in [0.2, 0.25) is 3.79 Å². The molecular weight excluding hydrogens is 321 g/mol. The van der Waals surface area contributed by atoms with Crippen molar-refractivity contribution in [2.45, 2.75) is 23.1 Å². The van der Waals surface area contributed by atoms with Crippen LogP contribution in [0.3, 0.4) is 0 Å². The lowest BCUT2D eigenvalue weighted by atomic mass is 9.86. The van der Waals surface area contributed by atoms with Gasteiger partial charge in [-0.3, -0.25) is 4.79 Å². The van der Waals surface area contributed by atoms with Gasteiger partial charge in [0, 0.05) is 22.2 Å². The van der Waals surface area contributed by atoms with Crippen LogP contribution in [0.2, 0.25) is 0 Å². The molecule has 1 aromatic heterocycles. The molecule has 1 aliphatic carbocycles. The van der Waals surface area contributed by atoms with Crippen LogP contribution in [0.25, 0.3) is 10.9 Å². The number of carbonyl (C=O) groups is 1. The Morgan fingerprint density at radius 1 is 1.35 bits per heavy atom. The zero-order chi connectivity index (χ0) is 14.5. The number of aromatic amines is 1. The molecule has 20 heavy (non-hydrogen) atoms. The van der Waals surface area contributed by atoms with E-state index in [1.807, 2.05) is 12.1 Å². The number of carboxylic acid groups (broad SMARTS) is 1. The SMILES string of the molecule is O=C(O)C1CCc2[nH]c3ccc(C(Cl)(Cl)Cl)cc3c2C1. The normalized spacial score (nSPS) is 19.1. The van der Waals surface area contributed by atoms with Gasteiger partial charge in [0.25, 0.3) is 0 Å². The summed E-state index contributed by atoms with van der Waals surface area (Å²) in [5.41, 5.74) is 3.68. The minimum atomic E-state index is -1.47. The number of fused-ring (bicyclic) bond motifs is 3. The summed E-state index contributed by atoms with van der Waals surface area (Å²) in [6, 6.07) is 5.48. The van der Waals surface area contributed by atoms with Crippen LogP contribution in [-0.2, 0) is 21.4 Å². The van der Waals surface area contributed by atoms with E-state index in [0.717, 1.165) is 28.6 Å². The number of hydrogen-bond acceptors (Lipinski definition) is 1. The maximum atomic E-state index is 11.2. The highest BCUT2D eigenvalue weighted by atomic mass is 35.6. The molecule has 0 spiro atoms. The molecule has 2 aromatic rings. The number of nitrogens with one attached hydrogen (secondary N) is 1. The molecule has 1 aromatic carbocycles. The Bertz CT molecular complexity index is 688. The van der Waals surface area contributed by atoms with Crippen molar-refractivity contribution in [1.82, 2.24) is 4.98 Å². The molecule has 0 saturated heterocycles. The molecule has 1 atom stereocenters. The van der Waals surface area contributed by atoms with E-state index in [-0.39, 0.29) is 5.92 Å². The van der Waals surface area contributed by atoms with Crippen LogP contribution in [0.4, 0.5) is 0 Å². The summed E-state index contributed by atoms with van der Waals surface area (Å²) in [4.78, 5) is 14.5. The third-order valence-corrected chi connectivity index (χ3v) is 4.52. The van der Waals surface area contributed by atoms with Gasteiger partial charge in [-0.25, -0.2) is 0 Å². The monoisotopic (exact) mass is 331 g/mol. The van der Waals surface area contributed by atoms with Crippen molar-refractivity contribution in [3.8, 4) is 0 Å². The lowest BCUT2D eigenvalue weighted by Gasteiger charge is -2.18. The van der Waals surface area contributed by atoms with E-state index in [2.05, 4.69) is 4.98 Å². The predicted molar refractivity (Wildman–Crippen MR) is 80.7 cm³/mol. The Morgan fingerprint density at radius 3 is 2.75 bits per heavy atom. The van der Waals surface area contributed by atoms with Gasteiger partial charge in [0.1, 0.15) is 0 Å². The maximum Gasteiger partial charge on any atom is 0.306 e. The fourth-order valence-electron chi connectivity index (χ4n) is 2.80. The molecular formula is C14H12Cl3NO2. The van der Waals surface area contributed by atoms with Gasteiger partial charge < -0.3 is 10.1 Å². The average Bonchev–Trinajstić information content (AvgIpc) is 2.74. The van der Waals surface area contributed by atoms with Gasteiger partial charge in [-0.1, -0.05) is 40.9 Å². The first-order chi connectivity index (χ1) is 9.36. The first kappa shape index (κ1) is 14.1. The number of hydrogen-bond donors (Lipinski definition) is 2. The van der Waals surface area contributed by atoms with Crippen molar-refractivity contribution in [3.05, 3.63) is 35.0 Å². The Morgan fingerprint density at radius 2 is 2.10 bits per heavy atom. The van der Waals surface area contributed by atoms with Crippen LogP contribution in [0.1, 0.15) is 23.2 Å². The molecule has 1 aliphatic rings. The summed E-state index contributed by atoms with van der Waals surface area (Å²) in [5, 5.41) is 10.1. The zero-order valence-electron chi connectivity index (χ0n) is 10.4. The fraction of sp³-hybridized carbons (Fsp3) is 0.357. The Labute approximate surface area is 130 Å². The highest BCUT2D eigenvalue weighted by molar-refractivity contribution is 6.66. The molecule has 6 heteroatoms. The predicted octanol–water partition coefficient (Wildman–Crippen LogP) is 4.18. The second-order valence-corrected chi connectivity index (χ2v) is 7.40. The van der Waals surface area contributed by atoms with E-state index in [9.17, 15) is 9.90 Å². The highest BCUT2D eigenvalue weighted by Crippen LogP contribution is 2.41. The third-order valence-electron chi connectivity index (χ3n) is 3.86. The standard InChI is InChI=1S/C14H12Cl3NO2/c15-14(16,17)8-2-4-12-10(6-8)9-5-7(13(19)20)1-3-11(9)18-12/h2,4,6-7,18H,1,3,5H2,(H,19,20). The van der Waals surface area contributed by atoms with Crippen LogP contribution in [0.5, 0.6) is 0 Å². The highest BCUT2D eigenvalue weighted by Gasteiger charge is 2.28. The van der Waals surface area contributed by atoms with E-state index in [1.165, 1.54) is 0 Å². The number of alkyl halides is 3. The van der Waals surface area contributed by atoms with E-state index < -0.39 is 9.76 Å². The van der Waals surface area contributed by atoms with Crippen LogP contribution in [0.15, 0.2) is 18.2 Å². The molecule has 0 saturated carbocycles. The number of halogens is 3. The average molecular weight is 333 g/mol. The van der Waals surface area contributed by atoms with Crippen molar-refractivity contribution in [1.29, 1.82) is 0 Å². The molecule has 3 nitrogen and oxygen atoms in total. The smallest absolute Gasteiger partial charge is 0.306 e. The van der Waals surface area contributed by atoms with Crippen molar-refractivity contribution in [2.75, 3.05) is 0 Å². The van der Waals surface area contributed by atoms with Gasteiger partial charge in [0.05, 0.1) is 5.92 Å². The van der Waals surface area contributed by atoms with Crippen LogP contribution in [-0.4, -0.2) is 16.1 Å². The second kappa shape index (κ2) is 4.83. The lowest BCUT2D eigenvalue weighted by molar-refractivity contribution is -0.142. The third kappa shape index (κ3) is 2.39. The van der Waals surface area contributed by atoms with E-state index >= 15 is 0 Å². The molecule has 1 heterocycles. The molecule has 2 N–H and O–H groups in total. The molecule has 0 aliphatic heterocycles. The molecule has 0 radical (unpaired) electrons. The van der Waals surface area contributed by atoms with Gasteiger partial charge in [0.15, 0.2) is 0 Å². The van der Waals surface area contributed by atoms with Crippen molar-refractivity contribution >= 4 is 51.7 Å². The topological polar surface area (TPSA) is 53.1 Å². The molecule has 0 fully saturated rings. The van der Waals surface area contributed by atoms with Gasteiger partial charge in [-0.2, -0.15) is 0 Å². The van der Waals surface area contributed by atoms with E-state index in [1.54, 1.807) is 6.07 Å². The maximum absolute atomic E-state index is 11.2. The molecule has 106 valence electrons. The summed E-state index contributed by atoms with van der Waals surface area (Å²) >= 11 is 17.7. The summed E-state index contributed by atoms with van der Waals surface area (Å²) in [6.07, 6.45) is 1.92. The molecule has 3 rings (SSSR count). The van der Waals surface area contributed by atoms with Crippen LogP contribution in [0, 0.1) is 5.92 Å². The van der Waals surface area contributed by atoms with Gasteiger partial charge >= 0.3 is 5.97 Å². The van der Waals surface area contributed by atoms with Crippen molar-refractivity contribution in [3.63, 3.8) is 0 Å². The lowest BCUT2D eigenvalue weighted by Crippen LogP contribution is -2.21. The van der Waals surface area contributed by atoms with Crippen LogP contribution < -0.4 is 0 Å². The Balaban J connectivity index is 2.11. The number of benzene rings is 1. The zero-order valence-corrected chi connectivity index (χ0v) is 12.7. The van der Waals surface area contributed by atoms with Gasteiger partial charge in [-0.15, -0.1) is 0 Å².